The molecule has 0 atom stereocenters. The third-order valence-corrected chi connectivity index (χ3v) is 3.41. The number of anilines is 1. The van der Waals surface area contributed by atoms with Gasteiger partial charge < -0.3 is 10.5 Å². The number of nitrogens with zero attached hydrogens (tertiary/aromatic N) is 3. The predicted octanol–water partition coefficient (Wildman–Crippen LogP) is 2.21. The van der Waals surface area contributed by atoms with Crippen LogP contribution >= 0.6 is 0 Å². The quantitative estimate of drug-likeness (QED) is 0.867. The van der Waals surface area contributed by atoms with Crippen molar-refractivity contribution in [2.75, 3.05) is 12.3 Å². The van der Waals surface area contributed by atoms with Crippen molar-refractivity contribution in [3.63, 3.8) is 0 Å². The lowest BCUT2D eigenvalue weighted by Crippen LogP contribution is -2.30. The van der Waals surface area contributed by atoms with E-state index in [1.807, 2.05) is 6.92 Å². The van der Waals surface area contributed by atoms with Gasteiger partial charge in [-0.2, -0.15) is 9.97 Å². The molecule has 1 heterocycles. The standard InChI is InChI=1S/C13H22N4O/c1-3-7-10-15-11(17-12(14)16-10)13(18-4-2)8-5-6-9-13/h3-9H2,1-2H3,(H2,14,15,16,17). The Hall–Kier alpha value is -1.23. The highest BCUT2D eigenvalue weighted by Crippen LogP contribution is 2.40. The summed E-state index contributed by atoms with van der Waals surface area (Å²) >= 11 is 0. The van der Waals surface area contributed by atoms with Gasteiger partial charge in [-0.15, -0.1) is 0 Å². The average molecular weight is 250 g/mol. The Kier molecular flexibility index (Phi) is 4.11. The van der Waals surface area contributed by atoms with Crippen molar-refractivity contribution in [1.29, 1.82) is 0 Å². The Bertz CT molecular complexity index is 402. The summed E-state index contributed by atoms with van der Waals surface area (Å²) in [7, 11) is 0. The Morgan fingerprint density at radius 3 is 2.50 bits per heavy atom. The van der Waals surface area contributed by atoms with E-state index >= 15 is 0 Å². The molecule has 100 valence electrons. The number of hydrogen-bond acceptors (Lipinski definition) is 5. The first kappa shape index (κ1) is 13.2. The molecule has 0 amide bonds. The Balaban J connectivity index is 2.34. The van der Waals surface area contributed by atoms with Crippen molar-refractivity contribution in [2.45, 2.75) is 58.0 Å². The van der Waals surface area contributed by atoms with E-state index in [0.29, 0.717) is 12.6 Å². The van der Waals surface area contributed by atoms with Gasteiger partial charge in [-0.25, -0.2) is 4.98 Å². The molecule has 0 aromatic carbocycles. The number of ether oxygens (including phenoxy) is 1. The van der Waals surface area contributed by atoms with Gasteiger partial charge in [0.15, 0.2) is 5.82 Å². The molecule has 1 aliphatic carbocycles. The van der Waals surface area contributed by atoms with Crippen LogP contribution in [0, 0.1) is 0 Å². The molecule has 0 bridgehead atoms. The minimum absolute atomic E-state index is 0.314. The van der Waals surface area contributed by atoms with Gasteiger partial charge in [-0.3, -0.25) is 0 Å². The second-order valence-corrected chi connectivity index (χ2v) is 4.82. The van der Waals surface area contributed by atoms with Crippen molar-refractivity contribution in [3.05, 3.63) is 11.6 Å². The van der Waals surface area contributed by atoms with Crippen LogP contribution in [0.15, 0.2) is 0 Å². The molecule has 0 unspecified atom stereocenters. The van der Waals surface area contributed by atoms with E-state index in [4.69, 9.17) is 10.5 Å². The first-order chi connectivity index (χ1) is 8.70. The molecule has 18 heavy (non-hydrogen) atoms. The highest BCUT2D eigenvalue weighted by atomic mass is 16.5. The fourth-order valence-electron chi connectivity index (χ4n) is 2.63. The molecular weight excluding hydrogens is 228 g/mol. The third kappa shape index (κ3) is 2.61. The summed E-state index contributed by atoms with van der Waals surface area (Å²) in [6.45, 7) is 4.79. The van der Waals surface area contributed by atoms with Crippen molar-refractivity contribution < 1.29 is 4.74 Å². The topological polar surface area (TPSA) is 73.9 Å². The molecular formula is C13H22N4O. The van der Waals surface area contributed by atoms with Crippen molar-refractivity contribution in [3.8, 4) is 0 Å². The number of aromatic nitrogens is 3. The van der Waals surface area contributed by atoms with E-state index in [9.17, 15) is 0 Å². The zero-order valence-electron chi connectivity index (χ0n) is 11.3. The van der Waals surface area contributed by atoms with E-state index < -0.39 is 0 Å². The maximum absolute atomic E-state index is 5.96. The largest absolute Gasteiger partial charge is 0.368 e. The van der Waals surface area contributed by atoms with Crippen LogP contribution in [0.25, 0.3) is 0 Å². The van der Waals surface area contributed by atoms with E-state index in [0.717, 1.165) is 50.2 Å². The molecule has 1 saturated carbocycles. The Labute approximate surface area is 108 Å². The average Bonchev–Trinajstić information content (AvgIpc) is 2.79. The first-order valence-electron chi connectivity index (χ1n) is 6.85. The summed E-state index contributed by atoms with van der Waals surface area (Å²) in [6.07, 6.45) is 6.13. The lowest BCUT2D eigenvalue weighted by Gasteiger charge is -2.27. The molecule has 0 saturated heterocycles. The van der Waals surface area contributed by atoms with Crippen LogP contribution in [-0.4, -0.2) is 21.6 Å². The number of nitrogen functional groups attached to an aromatic ring is 1. The maximum Gasteiger partial charge on any atom is 0.223 e. The summed E-state index contributed by atoms with van der Waals surface area (Å²) in [5.41, 5.74) is 5.47. The number of nitrogens with two attached hydrogens (primary N) is 1. The number of hydrogen-bond donors (Lipinski definition) is 1. The van der Waals surface area contributed by atoms with Gasteiger partial charge in [-0.05, 0) is 39.0 Å². The highest BCUT2D eigenvalue weighted by Gasteiger charge is 2.39. The molecule has 0 aliphatic heterocycles. The summed E-state index contributed by atoms with van der Waals surface area (Å²) in [5.74, 6) is 1.83. The fourth-order valence-corrected chi connectivity index (χ4v) is 2.63. The minimum Gasteiger partial charge on any atom is -0.368 e. The van der Waals surface area contributed by atoms with E-state index in [1.165, 1.54) is 0 Å². The Morgan fingerprint density at radius 1 is 1.17 bits per heavy atom. The molecule has 1 aliphatic rings. The fraction of sp³-hybridized carbons (Fsp3) is 0.769. The lowest BCUT2D eigenvalue weighted by molar-refractivity contribution is -0.0459. The minimum atomic E-state index is -0.325. The van der Waals surface area contributed by atoms with Crippen molar-refractivity contribution in [1.82, 2.24) is 15.0 Å². The molecule has 0 spiro atoms. The van der Waals surface area contributed by atoms with Gasteiger partial charge in [0.2, 0.25) is 5.95 Å². The van der Waals surface area contributed by atoms with Crippen LogP contribution < -0.4 is 5.73 Å². The smallest absolute Gasteiger partial charge is 0.223 e. The summed E-state index contributed by atoms with van der Waals surface area (Å²) < 4.78 is 5.96. The SMILES string of the molecule is CCCc1nc(N)nc(C2(OCC)CCCC2)n1. The molecule has 1 fully saturated rings. The van der Waals surface area contributed by atoms with Gasteiger partial charge >= 0.3 is 0 Å². The zero-order chi connectivity index (χ0) is 13.0. The maximum atomic E-state index is 5.96. The molecule has 0 radical (unpaired) electrons. The van der Waals surface area contributed by atoms with Crippen LogP contribution in [0.2, 0.25) is 0 Å². The number of aryl methyl sites for hydroxylation is 1. The van der Waals surface area contributed by atoms with E-state index in [1.54, 1.807) is 0 Å². The van der Waals surface area contributed by atoms with E-state index in [-0.39, 0.29) is 5.60 Å². The van der Waals surface area contributed by atoms with Crippen LogP contribution in [0.3, 0.4) is 0 Å². The highest BCUT2D eigenvalue weighted by molar-refractivity contribution is 5.19. The molecule has 2 rings (SSSR count). The van der Waals surface area contributed by atoms with Crippen LogP contribution in [0.5, 0.6) is 0 Å². The van der Waals surface area contributed by atoms with Crippen molar-refractivity contribution >= 4 is 5.95 Å². The van der Waals surface area contributed by atoms with Crippen molar-refractivity contribution in [2.24, 2.45) is 0 Å². The van der Waals surface area contributed by atoms with Gasteiger partial charge in [0.05, 0.1) is 0 Å². The monoisotopic (exact) mass is 250 g/mol. The van der Waals surface area contributed by atoms with Crippen LogP contribution in [-0.2, 0) is 16.8 Å². The Morgan fingerprint density at radius 2 is 1.89 bits per heavy atom. The second kappa shape index (κ2) is 5.61. The number of rotatable bonds is 5. The van der Waals surface area contributed by atoms with Crippen LogP contribution in [0.4, 0.5) is 5.95 Å². The first-order valence-corrected chi connectivity index (χ1v) is 6.85. The zero-order valence-corrected chi connectivity index (χ0v) is 11.3. The molecule has 1 aromatic heterocycles. The third-order valence-electron chi connectivity index (χ3n) is 3.41. The molecule has 1 aromatic rings. The second-order valence-electron chi connectivity index (χ2n) is 4.82. The normalized spacial score (nSPS) is 18.1. The van der Waals surface area contributed by atoms with Gasteiger partial charge in [-0.1, -0.05) is 6.92 Å². The molecule has 5 heteroatoms. The molecule has 5 nitrogen and oxygen atoms in total. The summed E-state index contributed by atoms with van der Waals surface area (Å²) in [5, 5.41) is 0. The summed E-state index contributed by atoms with van der Waals surface area (Å²) in [4.78, 5) is 13.1. The van der Waals surface area contributed by atoms with E-state index in [2.05, 4.69) is 21.9 Å². The summed E-state index contributed by atoms with van der Waals surface area (Å²) in [6, 6.07) is 0. The lowest BCUT2D eigenvalue weighted by atomic mass is 10.0. The van der Waals surface area contributed by atoms with Gasteiger partial charge in [0, 0.05) is 13.0 Å². The van der Waals surface area contributed by atoms with Gasteiger partial charge in [0.1, 0.15) is 11.4 Å². The van der Waals surface area contributed by atoms with Gasteiger partial charge in [0.25, 0.3) is 0 Å². The van der Waals surface area contributed by atoms with Crippen LogP contribution in [0.1, 0.15) is 57.6 Å². The molecule has 2 N–H and O–H groups in total. The predicted molar refractivity (Wildman–Crippen MR) is 70.0 cm³/mol.